The van der Waals surface area contributed by atoms with Crippen molar-refractivity contribution >= 4 is 11.8 Å². The van der Waals surface area contributed by atoms with Crippen LogP contribution in [0.15, 0.2) is 24.3 Å². The molecule has 0 spiro atoms. The predicted octanol–water partition coefficient (Wildman–Crippen LogP) is 2.37. The van der Waals surface area contributed by atoms with Crippen molar-refractivity contribution in [1.29, 1.82) is 0 Å². The fraction of sp³-hybridized carbons (Fsp3) is 0.556. The number of esters is 1. The van der Waals surface area contributed by atoms with Gasteiger partial charge in [0.05, 0.1) is 13.0 Å². The number of hydrogen-bond acceptors (Lipinski definition) is 4. The number of fused-ring (bicyclic) bond motifs is 2. The van der Waals surface area contributed by atoms with Crippen molar-refractivity contribution in [2.24, 2.45) is 11.8 Å². The summed E-state index contributed by atoms with van der Waals surface area (Å²) in [5.74, 6) is -1.47. The molecule has 2 fully saturated rings. The Labute approximate surface area is 130 Å². The van der Waals surface area contributed by atoms with E-state index in [0.717, 1.165) is 24.0 Å². The Morgan fingerprint density at radius 3 is 2.55 bits per heavy atom. The van der Waals surface area contributed by atoms with E-state index in [-0.39, 0.29) is 24.0 Å². The normalized spacial score (nSPS) is 34.3. The second-order valence-electron chi connectivity index (χ2n) is 6.63. The van der Waals surface area contributed by atoms with Crippen molar-refractivity contribution in [3.8, 4) is 0 Å². The van der Waals surface area contributed by atoms with Crippen LogP contribution in [0.5, 0.6) is 0 Å². The first kappa shape index (κ1) is 15.2. The lowest BCUT2D eigenvalue weighted by molar-refractivity contribution is -0.182. The van der Waals surface area contributed by atoms with E-state index < -0.39 is 17.5 Å². The molecule has 0 unspecified atom stereocenters. The fourth-order valence-electron chi connectivity index (χ4n) is 4.14. The summed E-state index contributed by atoms with van der Waals surface area (Å²) in [6.45, 7) is 2.01. The third-order valence-corrected chi connectivity index (χ3v) is 5.35. The summed E-state index contributed by atoms with van der Waals surface area (Å²) in [6, 6.07) is 8.01. The molecule has 4 heteroatoms. The molecule has 1 N–H and O–H groups in total. The lowest BCUT2D eigenvalue weighted by Gasteiger charge is -2.47. The van der Waals surface area contributed by atoms with Gasteiger partial charge in [-0.15, -0.1) is 0 Å². The molecular formula is C18H22O4. The van der Waals surface area contributed by atoms with Crippen LogP contribution in [0, 0.1) is 18.8 Å². The van der Waals surface area contributed by atoms with E-state index in [1.54, 1.807) is 0 Å². The lowest BCUT2D eigenvalue weighted by atomic mass is 9.58. The molecule has 2 aliphatic rings. The zero-order valence-electron chi connectivity index (χ0n) is 13.0. The van der Waals surface area contributed by atoms with E-state index >= 15 is 0 Å². The molecule has 4 atom stereocenters. The molecule has 3 rings (SSSR count). The van der Waals surface area contributed by atoms with Crippen molar-refractivity contribution in [2.75, 3.05) is 7.11 Å². The molecule has 4 nitrogen and oxygen atoms in total. The molecule has 0 amide bonds. The Bertz CT molecular complexity index is 592. The number of rotatable bonds is 2. The number of ether oxygens (including phenoxy) is 1. The maximum Gasteiger partial charge on any atom is 0.338 e. The number of Topliss-reactive ketones (excluding diaryl/α,β-unsaturated/α-hetero) is 1. The molecule has 22 heavy (non-hydrogen) atoms. The highest BCUT2D eigenvalue weighted by atomic mass is 16.5. The first-order valence-electron chi connectivity index (χ1n) is 7.88. The number of carbonyl (C=O) groups is 2. The molecule has 2 aliphatic carbocycles. The molecule has 2 saturated carbocycles. The van der Waals surface area contributed by atoms with Gasteiger partial charge >= 0.3 is 5.97 Å². The molecular weight excluding hydrogens is 280 g/mol. The Morgan fingerprint density at radius 2 is 1.91 bits per heavy atom. The lowest BCUT2D eigenvalue weighted by Crippen LogP contribution is -2.58. The van der Waals surface area contributed by atoms with Crippen molar-refractivity contribution in [3.63, 3.8) is 0 Å². The van der Waals surface area contributed by atoms with Crippen LogP contribution in [0.25, 0.3) is 0 Å². The van der Waals surface area contributed by atoms with Gasteiger partial charge in [0.2, 0.25) is 0 Å². The summed E-state index contributed by atoms with van der Waals surface area (Å²) < 4.78 is 4.79. The fourth-order valence-corrected chi connectivity index (χ4v) is 4.14. The maximum atomic E-state index is 12.7. The number of benzene rings is 1. The number of aryl methyl sites for hydroxylation is 1. The first-order chi connectivity index (χ1) is 10.5. The molecule has 0 radical (unpaired) electrons. The van der Waals surface area contributed by atoms with Crippen LogP contribution in [0.1, 0.15) is 42.7 Å². The standard InChI is InChI=1S/C18H22O4/c1-11-6-8-12(9-7-11)14-10-18(21,17(20)22-2)15-5-3-4-13(14)16(15)19/h6-9,13-15,21H,3-5,10H2,1-2H3/t13-,14-,15-,18-/m0/s1. The van der Waals surface area contributed by atoms with Gasteiger partial charge in [0.1, 0.15) is 5.78 Å². The van der Waals surface area contributed by atoms with E-state index in [2.05, 4.69) is 0 Å². The van der Waals surface area contributed by atoms with E-state index in [1.165, 1.54) is 7.11 Å². The minimum Gasteiger partial charge on any atom is -0.467 e. The van der Waals surface area contributed by atoms with Crippen molar-refractivity contribution in [2.45, 2.75) is 44.1 Å². The summed E-state index contributed by atoms with van der Waals surface area (Å²) in [5.41, 5.74) is 0.487. The van der Waals surface area contributed by atoms with E-state index in [4.69, 9.17) is 4.74 Å². The van der Waals surface area contributed by atoms with E-state index in [1.807, 2.05) is 31.2 Å². The Morgan fingerprint density at radius 1 is 1.23 bits per heavy atom. The monoisotopic (exact) mass is 302 g/mol. The summed E-state index contributed by atoms with van der Waals surface area (Å²) in [7, 11) is 1.26. The zero-order chi connectivity index (χ0) is 15.9. The molecule has 1 aromatic carbocycles. The number of carbonyl (C=O) groups excluding carboxylic acids is 2. The van der Waals surface area contributed by atoms with Crippen LogP contribution in [0.3, 0.4) is 0 Å². The third-order valence-electron chi connectivity index (χ3n) is 5.35. The topological polar surface area (TPSA) is 63.6 Å². The van der Waals surface area contributed by atoms with Gasteiger partial charge in [-0.3, -0.25) is 4.79 Å². The second kappa shape index (κ2) is 5.51. The highest BCUT2D eigenvalue weighted by Crippen LogP contribution is 2.50. The Balaban J connectivity index is 2.01. The van der Waals surface area contributed by atoms with Gasteiger partial charge in [0, 0.05) is 5.92 Å². The summed E-state index contributed by atoms with van der Waals surface area (Å²) in [6.07, 6.45) is 2.54. The van der Waals surface area contributed by atoms with Gasteiger partial charge in [-0.25, -0.2) is 4.79 Å². The van der Waals surface area contributed by atoms with Gasteiger partial charge in [-0.2, -0.15) is 0 Å². The highest BCUT2D eigenvalue weighted by molar-refractivity contribution is 5.94. The average molecular weight is 302 g/mol. The van der Waals surface area contributed by atoms with Crippen molar-refractivity contribution in [3.05, 3.63) is 35.4 Å². The van der Waals surface area contributed by atoms with Crippen molar-refractivity contribution in [1.82, 2.24) is 0 Å². The van der Waals surface area contributed by atoms with Crippen molar-refractivity contribution < 1.29 is 19.4 Å². The van der Waals surface area contributed by atoms with E-state index in [0.29, 0.717) is 6.42 Å². The summed E-state index contributed by atoms with van der Waals surface area (Å²) >= 11 is 0. The van der Waals surface area contributed by atoms with Crippen LogP contribution in [0.4, 0.5) is 0 Å². The molecule has 118 valence electrons. The van der Waals surface area contributed by atoms with Crippen LogP contribution in [-0.4, -0.2) is 29.6 Å². The van der Waals surface area contributed by atoms with Gasteiger partial charge in [0.25, 0.3) is 0 Å². The number of hydrogen-bond donors (Lipinski definition) is 1. The minimum absolute atomic E-state index is 0.0241. The van der Waals surface area contributed by atoms with E-state index in [9.17, 15) is 14.7 Å². The number of aliphatic hydroxyl groups is 1. The largest absolute Gasteiger partial charge is 0.467 e. The van der Waals surface area contributed by atoms with Crippen LogP contribution >= 0.6 is 0 Å². The molecule has 0 saturated heterocycles. The zero-order valence-corrected chi connectivity index (χ0v) is 13.0. The number of methoxy groups -OCH3 is 1. The van der Waals surface area contributed by atoms with Gasteiger partial charge in [-0.05, 0) is 37.7 Å². The molecule has 0 heterocycles. The van der Waals surface area contributed by atoms with Gasteiger partial charge in [0.15, 0.2) is 5.60 Å². The molecule has 2 bridgehead atoms. The molecule has 1 aromatic rings. The Hall–Kier alpha value is -1.68. The molecule has 0 aromatic heterocycles. The maximum absolute atomic E-state index is 12.7. The summed E-state index contributed by atoms with van der Waals surface area (Å²) in [5, 5.41) is 10.9. The van der Waals surface area contributed by atoms with Crippen LogP contribution in [0.2, 0.25) is 0 Å². The van der Waals surface area contributed by atoms with Crippen LogP contribution in [-0.2, 0) is 14.3 Å². The van der Waals surface area contributed by atoms with Crippen LogP contribution < -0.4 is 0 Å². The average Bonchev–Trinajstić information content (AvgIpc) is 2.51. The number of ketones is 1. The summed E-state index contributed by atoms with van der Waals surface area (Å²) in [4.78, 5) is 24.9. The highest BCUT2D eigenvalue weighted by Gasteiger charge is 2.58. The second-order valence-corrected chi connectivity index (χ2v) is 6.63. The predicted molar refractivity (Wildman–Crippen MR) is 81.3 cm³/mol. The smallest absolute Gasteiger partial charge is 0.338 e. The van der Waals surface area contributed by atoms with Gasteiger partial charge in [-0.1, -0.05) is 36.2 Å². The SMILES string of the molecule is COC(=O)[C@]1(O)C[C@@H](c2ccc(C)cc2)[C@@H]2CCC[C@H]1C2=O. The minimum atomic E-state index is -1.68. The molecule has 0 aliphatic heterocycles. The van der Waals surface area contributed by atoms with Gasteiger partial charge < -0.3 is 9.84 Å². The Kier molecular flexibility index (Phi) is 3.81. The third kappa shape index (κ3) is 2.26. The first-order valence-corrected chi connectivity index (χ1v) is 7.88. The quantitative estimate of drug-likeness (QED) is 0.852.